The molecule has 0 radical (unpaired) electrons. The van der Waals surface area contributed by atoms with E-state index in [0.717, 1.165) is 0 Å². The quantitative estimate of drug-likeness (QED) is 0.0679. The van der Waals surface area contributed by atoms with Crippen LogP contribution in [0, 0.1) is 0 Å². The maximum absolute atomic E-state index is 3.75. The fraction of sp³-hybridized carbons (Fsp3) is 0.778. The molecule has 0 heterocycles. The van der Waals surface area contributed by atoms with Gasteiger partial charge in [-0.2, -0.15) is 0 Å². The van der Waals surface area contributed by atoms with E-state index in [4.69, 9.17) is 0 Å². The Balaban J connectivity index is 0. The zero-order chi connectivity index (χ0) is 26.6. The summed E-state index contributed by atoms with van der Waals surface area (Å²) in [6, 6.07) is 0. The van der Waals surface area contributed by atoms with Gasteiger partial charge in [-0.15, -0.1) is 26.3 Å². The van der Waals surface area contributed by atoms with E-state index in [0.29, 0.717) is 0 Å². The normalized spacial score (nSPS) is 10.4. The van der Waals surface area contributed by atoms with Crippen molar-refractivity contribution in [2.45, 2.75) is 180 Å². The van der Waals surface area contributed by atoms with E-state index in [1.807, 2.05) is 24.3 Å². The third kappa shape index (κ3) is 40.1. The van der Waals surface area contributed by atoms with Crippen LogP contribution in [0.3, 0.4) is 0 Å². The topological polar surface area (TPSA) is 0 Å². The summed E-state index contributed by atoms with van der Waals surface area (Å²) < 4.78 is 0. The molecule has 0 atom stereocenters. The minimum Gasteiger partial charge on any atom is -0.103 e. The van der Waals surface area contributed by atoms with Gasteiger partial charge in [-0.25, -0.2) is 0 Å². The minimum absolute atomic E-state index is 1.20. The highest BCUT2D eigenvalue weighted by atomic mass is 14.0. The summed E-state index contributed by atoms with van der Waals surface area (Å²) in [5.41, 5.74) is 0. The SMILES string of the molecule is C=CCCCCCCCCCCCCCCC=C.C=CCCCCCCCCCCCCCCC=C. The summed E-state index contributed by atoms with van der Waals surface area (Å²) in [7, 11) is 0. The molecule has 0 heteroatoms. The Bertz CT molecular complexity index is 338. The monoisotopic (exact) mass is 501 g/mol. The van der Waals surface area contributed by atoms with Crippen LogP contribution >= 0.6 is 0 Å². The molecule has 212 valence electrons. The minimum atomic E-state index is 1.20. The van der Waals surface area contributed by atoms with Crippen molar-refractivity contribution in [2.24, 2.45) is 0 Å². The van der Waals surface area contributed by atoms with Crippen molar-refractivity contribution in [3.63, 3.8) is 0 Å². The van der Waals surface area contributed by atoms with Crippen molar-refractivity contribution in [3.05, 3.63) is 50.6 Å². The molecular weight excluding hydrogens is 432 g/mol. The smallest absolute Gasteiger partial charge is 0.0353 e. The molecule has 0 fully saturated rings. The molecule has 0 aromatic carbocycles. The number of rotatable bonds is 30. The van der Waals surface area contributed by atoms with E-state index in [-0.39, 0.29) is 0 Å². The first-order chi connectivity index (χ1) is 17.8. The standard InChI is InChI=1S/2C18H34/c2*1-3-5-7-9-11-13-15-17-18-16-14-12-10-8-6-4-2/h2*3-4H,1-2,5-18H2. The zero-order valence-electron chi connectivity index (χ0n) is 24.9. The molecule has 0 amide bonds. The summed E-state index contributed by atoms with van der Waals surface area (Å²) in [5.74, 6) is 0. The average Bonchev–Trinajstić information content (AvgIpc) is 2.89. The molecule has 0 aliphatic carbocycles. The predicted octanol–water partition coefficient (Wildman–Crippen LogP) is 13.6. The Labute approximate surface area is 230 Å². The second kappa shape index (κ2) is 38.5. The summed E-state index contributed by atoms with van der Waals surface area (Å²) in [6.45, 7) is 15.0. The van der Waals surface area contributed by atoms with Crippen LogP contribution in [0.4, 0.5) is 0 Å². The molecule has 0 saturated carbocycles. The van der Waals surface area contributed by atoms with Gasteiger partial charge in [-0.3, -0.25) is 0 Å². The summed E-state index contributed by atoms with van der Waals surface area (Å²) in [4.78, 5) is 0. The Morgan fingerprint density at radius 2 is 0.306 bits per heavy atom. The second-order valence-corrected chi connectivity index (χ2v) is 10.8. The molecule has 0 N–H and O–H groups in total. The van der Waals surface area contributed by atoms with Crippen LogP contribution in [0.5, 0.6) is 0 Å². The van der Waals surface area contributed by atoms with E-state index < -0.39 is 0 Å². The van der Waals surface area contributed by atoms with Crippen LogP contribution in [0.1, 0.15) is 180 Å². The zero-order valence-corrected chi connectivity index (χ0v) is 24.9. The van der Waals surface area contributed by atoms with Crippen LogP contribution in [0.15, 0.2) is 50.6 Å². The predicted molar refractivity (Wildman–Crippen MR) is 170 cm³/mol. The van der Waals surface area contributed by atoms with E-state index in [1.165, 1.54) is 180 Å². The van der Waals surface area contributed by atoms with E-state index in [9.17, 15) is 0 Å². The molecule has 0 bridgehead atoms. The highest BCUT2D eigenvalue weighted by Crippen LogP contribution is 2.14. The molecule has 0 saturated heterocycles. The molecule has 0 aromatic heterocycles. The Morgan fingerprint density at radius 3 is 0.417 bits per heavy atom. The Morgan fingerprint density at radius 1 is 0.194 bits per heavy atom. The Hall–Kier alpha value is -1.04. The first-order valence-electron chi connectivity index (χ1n) is 16.3. The van der Waals surface area contributed by atoms with Gasteiger partial charge in [0.25, 0.3) is 0 Å². The summed E-state index contributed by atoms with van der Waals surface area (Å²) in [6.07, 6.45) is 47.0. The van der Waals surface area contributed by atoms with Gasteiger partial charge in [-0.05, 0) is 51.4 Å². The number of unbranched alkanes of at least 4 members (excludes halogenated alkanes) is 26. The highest BCUT2D eigenvalue weighted by Gasteiger charge is 1.94. The fourth-order valence-electron chi connectivity index (χ4n) is 4.69. The highest BCUT2D eigenvalue weighted by molar-refractivity contribution is 4.67. The average molecular weight is 501 g/mol. The van der Waals surface area contributed by atoms with Crippen LogP contribution in [0.2, 0.25) is 0 Å². The molecule has 0 nitrogen and oxygen atoms in total. The number of hydrogen-bond donors (Lipinski definition) is 0. The largest absolute Gasteiger partial charge is 0.103 e. The fourth-order valence-corrected chi connectivity index (χ4v) is 4.69. The maximum atomic E-state index is 3.75. The van der Waals surface area contributed by atoms with E-state index in [1.54, 1.807) is 0 Å². The van der Waals surface area contributed by atoms with Gasteiger partial charge >= 0.3 is 0 Å². The van der Waals surface area contributed by atoms with Crippen LogP contribution in [-0.4, -0.2) is 0 Å². The summed E-state index contributed by atoms with van der Waals surface area (Å²) in [5, 5.41) is 0. The third-order valence-corrected chi connectivity index (χ3v) is 7.13. The van der Waals surface area contributed by atoms with Crippen LogP contribution in [-0.2, 0) is 0 Å². The lowest BCUT2D eigenvalue weighted by atomic mass is 10.0. The van der Waals surface area contributed by atoms with Crippen molar-refractivity contribution < 1.29 is 0 Å². The lowest BCUT2D eigenvalue weighted by Gasteiger charge is -2.02. The molecule has 0 aliphatic rings. The number of hydrogen-bond acceptors (Lipinski definition) is 0. The molecule has 0 aliphatic heterocycles. The van der Waals surface area contributed by atoms with Gasteiger partial charge in [0.2, 0.25) is 0 Å². The third-order valence-electron chi connectivity index (χ3n) is 7.13. The van der Waals surface area contributed by atoms with Crippen molar-refractivity contribution in [2.75, 3.05) is 0 Å². The van der Waals surface area contributed by atoms with Gasteiger partial charge in [0.1, 0.15) is 0 Å². The van der Waals surface area contributed by atoms with Crippen molar-refractivity contribution in [1.29, 1.82) is 0 Å². The van der Waals surface area contributed by atoms with Crippen molar-refractivity contribution in [1.82, 2.24) is 0 Å². The van der Waals surface area contributed by atoms with Gasteiger partial charge in [-0.1, -0.05) is 153 Å². The molecule has 36 heavy (non-hydrogen) atoms. The molecule has 0 aromatic rings. The summed E-state index contributed by atoms with van der Waals surface area (Å²) >= 11 is 0. The van der Waals surface area contributed by atoms with Gasteiger partial charge in [0, 0.05) is 0 Å². The second-order valence-electron chi connectivity index (χ2n) is 10.8. The lowest BCUT2D eigenvalue weighted by molar-refractivity contribution is 0.542. The maximum Gasteiger partial charge on any atom is -0.0353 e. The molecule has 0 spiro atoms. The first-order valence-corrected chi connectivity index (χ1v) is 16.3. The van der Waals surface area contributed by atoms with E-state index in [2.05, 4.69) is 26.3 Å². The van der Waals surface area contributed by atoms with Gasteiger partial charge in [0.05, 0.1) is 0 Å². The molecular formula is C36H68. The van der Waals surface area contributed by atoms with Gasteiger partial charge < -0.3 is 0 Å². The van der Waals surface area contributed by atoms with E-state index >= 15 is 0 Å². The van der Waals surface area contributed by atoms with Crippen LogP contribution in [0.25, 0.3) is 0 Å². The lowest BCUT2D eigenvalue weighted by Crippen LogP contribution is -1.82. The van der Waals surface area contributed by atoms with Crippen molar-refractivity contribution >= 4 is 0 Å². The molecule has 0 rings (SSSR count). The van der Waals surface area contributed by atoms with Crippen molar-refractivity contribution in [3.8, 4) is 0 Å². The number of allylic oxidation sites excluding steroid dienone is 4. The Kier molecular flexibility index (Phi) is 39.7. The van der Waals surface area contributed by atoms with Crippen LogP contribution < -0.4 is 0 Å². The molecule has 0 unspecified atom stereocenters. The first kappa shape index (κ1) is 37.1. The van der Waals surface area contributed by atoms with Gasteiger partial charge in [0.15, 0.2) is 0 Å².